The summed E-state index contributed by atoms with van der Waals surface area (Å²) >= 11 is 0. The van der Waals surface area contributed by atoms with Gasteiger partial charge < -0.3 is 56.7 Å². The fraction of sp³-hybridized carbons (Fsp3) is 0.909. The van der Waals surface area contributed by atoms with E-state index >= 15 is 28.1 Å². The number of hydroxylamine groups is 6. The predicted molar refractivity (Wildman–Crippen MR) is 365 cm³/mol. The number of carbonyl (C=O) groups excluding carboxylic acids is 3. The van der Waals surface area contributed by atoms with E-state index in [4.69, 9.17) is 55.9 Å². The Balaban J connectivity index is 9.13. The summed E-state index contributed by atoms with van der Waals surface area (Å²) in [6.07, 6.45) is -7.32. The molecule has 0 rings (SSSR count). The Morgan fingerprint density at radius 3 is 0.635 bits per heavy atom. The molecule has 0 aliphatic rings. The van der Waals surface area contributed by atoms with Crippen LogP contribution in [0.3, 0.4) is 0 Å². The normalized spacial score (nSPS) is 16.6. The van der Waals surface area contributed by atoms with Crippen molar-refractivity contribution in [1.29, 1.82) is 0 Å². The highest BCUT2D eigenvalue weighted by molar-refractivity contribution is 7.55. The van der Waals surface area contributed by atoms with E-state index in [9.17, 15) is 29.7 Å². The summed E-state index contributed by atoms with van der Waals surface area (Å²) in [5, 5.41) is 35.6. The number of esters is 3. The van der Waals surface area contributed by atoms with Crippen LogP contribution in [0.25, 0.3) is 0 Å². The fourth-order valence-electron chi connectivity index (χ4n) is 10.2. The molecule has 6 unspecified atom stereocenters. The smallest absolute Gasteiger partial charge is 0.350 e. The molecule has 6 atom stereocenters. The molecule has 0 aliphatic carbocycles. The van der Waals surface area contributed by atoms with Crippen molar-refractivity contribution in [2.24, 2.45) is 37.9 Å². The van der Waals surface area contributed by atoms with Gasteiger partial charge in [0.25, 0.3) is 0 Å². The molecule has 0 aromatic carbocycles. The Kier molecular flexibility index (Phi) is 35.1. The van der Waals surface area contributed by atoms with E-state index in [0.29, 0.717) is 0 Å². The van der Waals surface area contributed by atoms with Gasteiger partial charge in [-0.1, -0.05) is 69.2 Å². The summed E-state index contributed by atoms with van der Waals surface area (Å²) < 4.78 is 99.3. The molecule has 30 heteroatoms. The molecule has 0 aromatic rings. The van der Waals surface area contributed by atoms with Crippen LogP contribution in [0.15, 0.2) is 0 Å². The lowest BCUT2D eigenvalue weighted by atomic mass is 9.86. The maximum atomic E-state index is 15.3. The van der Waals surface area contributed by atoms with Gasteiger partial charge in [0.2, 0.25) is 0 Å². The van der Waals surface area contributed by atoms with Gasteiger partial charge in [0.05, 0.1) is 61.3 Å². The number of hydrogen-bond acceptors (Lipinski definition) is 24. The molecular formula is C66H128N3O24P3. The molecule has 0 saturated heterocycles. The van der Waals surface area contributed by atoms with E-state index in [1.54, 1.807) is 173 Å². The highest BCUT2D eigenvalue weighted by Gasteiger charge is 2.57. The molecule has 0 saturated carbocycles. The number of rotatable bonds is 43. The average Bonchev–Trinajstić information content (AvgIpc) is 0.776. The Hall–Kier alpha value is -2.97. The first kappa shape index (κ1) is 93.0. The second kappa shape index (κ2) is 36.3. The van der Waals surface area contributed by atoms with Crippen LogP contribution in [0.4, 0.5) is 0 Å². The Morgan fingerprint density at radius 1 is 0.333 bits per heavy atom. The van der Waals surface area contributed by atoms with Crippen molar-refractivity contribution in [2.45, 2.75) is 293 Å². The molecule has 3 N–H and O–H groups in total. The van der Waals surface area contributed by atoms with Crippen molar-refractivity contribution in [2.75, 3.05) is 59.5 Å². The second-order valence-corrected chi connectivity index (χ2v) is 38.7. The predicted octanol–water partition coefficient (Wildman–Crippen LogP) is 14.6. The molecule has 566 valence electrons. The number of carboxylic acid groups (broad SMARTS) is 3. The Bertz CT molecular complexity index is 2350. The molecule has 0 aliphatic heterocycles. The second-order valence-electron chi connectivity index (χ2n) is 32.5. The number of carbonyl (C=O) groups is 6. The summed E-state index contributed by atoms with van der Waals surface area (Å²) in [6.45, 7) is 48.2. The maximum Gasteiger partial charge on any atom is 0.350 e. The zero-order valence-electron chi connectivity index (χ0n) is 64.3. The minimum atomic E-state index is -4.20. The van der Waals surface area contributed by atoms with Crippen molar-refractivity contribution >= 4 is 58.6 Å². The standard InChI is InChI=1S/C66H128N3O24P3/c1-32-66(42-82-48(70)45(39-63(26,27)54(73)74)91-67(60(17,18)19)51(57(8,9)10)94(79,85-33-2)86-34-3,43-83-49(71)46(40-64(28,29)55(75)76)92-68(61(20,21)22)52(58(11,12)13)95(80,87-35-4)88-36-5)44-84-50(72)47(41-65(30,31)56(77)78)93-69(62(23,24)25)53(59(14,15)16)96(81,89-37-6)90-38-7/h45-47,51-53H,32-44H2,1-31H3,(H,73,74)(H,75,76)(H,77,78). The van der Waals surface area contributed by atoms with Gasteiger partial charge in [-0.05, 0) is 168 Å². The van der Waals surface area contributed by atoms with E-state index in [2.05, 4.69) is 0 Å². The highest BCUT2D eigenvalue weighted by atomic mass is 31.2. The molecule has 0 amide bonds. The molecule has 0 radical (unpaired) electrons. The van der Waals surface area contributed by atoms with E-state index in [-0.39, 0.29) is 46.1 Å². The Morgan fingerprint density at radius 2 is 0.510 bits per heavy atom. The maximum absolute atomic E-state index is 15.3. The number of hydrogen-bond donors (Lipinski definition) is 3. The van der Waals surface area contributed by atoms with Gasteiger partial charge >= 0.3 is 58.6 Å². The molecule has 0 aromatic heterocycles. The minimum absolute atomic E-state index is 0.0472. The summed E-state index contributed by atoms with van der Waals surface area (Å²) in [6, 6.07) is 0. The van der Waals surface area contributed by atoms with E-state index in [1.807, 2.05) is 0 Å². The lowest BCUT2D eigenvalue weighted by Gasteiger charge is -2.48. The lowest BCUT2D eigenvalue weighted by molar-refractivity contribution is -0.274. The summed E-state index contributed by atoms with van der Waals surface area (Å²) in [7, 11) is -12.6. The van der Waals surface area contributed by atoms with Crippen LogP contribution in [0.1, 0.15) is 240 Å². The largest absolute Gasteiger partial charge is 0.481 e. The van der Waals surface area contributed by atoms with Crippen molar-refractivity contribution in [3.8, 4) is 0 Å². The molecule has 0 spiro atoms. The van der Waals surface area contributed by atoms with E-state index < -0.39 is 188 Å². The number of ether oxygens (including phenoxy) is 3. The molecule has 0 heterocycles. The first-order valence-corrected chi connectivity index (χ1v) is 38.2. The van der Waals surface area contributed by atoms with Crippen molar-refractivity contribution in [3.05, 3.63) is 0 Å². The highest BCUT2D eigenvalue weighted by Crippen LogP contribution is 2.64. The van der Waals surface area contributed by atoms with E-state index in [1.165, 1.54) is 56.7 Å². The third kappa shape index (κ3) is 27.1. The monoisotopic (exact) mass is 1440 g/mol. The quantitative estimate of drug-likeness (QED) is 0.0221. The Labute approximate surface area is 575 Å². The average molecular weight is 1440 g/mol. The van der Waals surface area contributed by atoms with Crippen LogP contribution in [0, 0.1) is 37.9 Å². The number of carboxylic acids is 3. The summed E-state index contributed by atoms with van der Waals surface area (Å²) in [5.74, 6) is -11.3. The van der Waals surface area contributed by atoms with Gasteiger partial charge in [-0.3, -0.25) is 42.6 Å². The van der Waals surface area contributed by atoms with Gasteiger partial charge in [0.15, 0.2) is 18.3 Å². The van der Waals surface area contributed by atoms with Gasteiger partial charge in [0.1, 0.15) is 37.2 Å². The van der Waals surface area contributed by atoms with Gasteiger partial charge in [-0.25, -0.2) is 14.4 Å². The molecule has 96 heavy (non-hydrogen) atoms. The zero-order valence-corrected chi connectivity index (χ0v) is 66.9. The summed E-state index contributed by atoms with van der Waals surface area (Å²) in [4.78, 5) is 105. The third-order valence-corrected chi connectivity index (χ3v) is 23.8. The first-order chi connectivity index (χ1) is 43.1. The van der Waals surface area contributed by atoms with Crippen molar-refractivity contribution in [3.63, 3.8) is 0 Å². The van der Waals surface area contributed by atoms with E-state index in [0.717, 1.165) is 0 Å². The third-order valence-electron chi connectivity index (χ3n) is 15.4. The number of nitrogens with zero attached hydrogens (tertiary/aromatic N) is 3. The van der Waals surface area contributed by atoms with Crippen LogP contribution in [0.5, 0.6) is 0 Å². The molecule has 0 bridgehead atoms. The van der Waals surface area contributed by atoms with Crippen LogP contribution in [0.2, 0.25) is 0 Å². The van der Waals surface area contributed by atoms with Crippen LogP contribution < -0.4 is 0 Å². The van der Waals surface area contributed by atoms with Crippen LogP contribution in [-0.2, 0) is 98.3 Å². The fourth-order valence-corrected chi connectivity index (χ4v) is 18.2. The molecular weight excluding hydrogens is 1310 g/mol. The molecule has 27 nitrogen and oxygen atoms in total. The van der Waals surface area contributed by atoms with Gasteiger partial charge in [0, 0.05) is 35.9 Å². The van der Waals surface area contributed by atoms with Gasteiger partial charge in [-0.2, -0.15) is 15.2 Å². The van der Waals surface area contributed by atoms with Crippen molar-refractivity contribution in [1.82, 2.24) is 15.2 Å². The van der Waals surface area contributed by atoms with Crippen LogP contribution in [-0.4, -0.2) is 178 Å². The lowest BCUT2D eigenvalue weighted by Crippen LogP contribution is -2.56. The number of aliphatic carboxylic acids is 3. The van der Waals surface area contributed by atoms with Gasteiger partial charge in [-0.15, -0.1) is 0 Å². The minimum Gasteiger partial charge on any atom is -0.481 e. The first-order valence-electron chi connectivity index (χ1n) is 33.4. The SMILES string of the molecule is CCOP(=O)(OCC)C(N(OC(CC(C)(C)C(=O)O)C(=O)OCC(CC)(COC(=O)C(CC(C)(C)C(=O)O)ON(C(C(C)(C)C)P(=O)(OCC)OCC)C(C)(C)C)COC(=O)C(CC(C)(C)C(=O)O)ON(C(C(C)(C)C)P(=O)(OCC)OCC)C(C)(C)C)C(C)(C)C)C(C)(C)C. The topological polar surface area (TPSA) is 335 Å². The molecule has 0 fully saturated rings. The zero-order chi connectivity index (χ0) is 75.8. The summed E-state index contributed by atoms with van der Waals surface area (Å²) in [5.41, 5.74) is -13.4. The van der Waals surface area contributed by atoms with Crippen LogP contribution >= 0.6 is 22.8 Å². The van der Waals surface area contributed by atoms with Crippen molar-refractivity contribution < 1.29 is 114 Å².